The van der Waals surface area contributed by atoms with Crippen molar-refractivity contribution in [2.45, 2.75) is 13.2 Å². The summed E-state index contributed by atoms with van der Waals surface area (Å²) in [6.45, 7) is 2.00. The van der Waals surface area contributed by atoms with Crippen molar-refractivity contribution in [3.8, 4) is 46.1 Å². The van der Waals surface area contributed by atoms with Gasteiger partial charge in [0.2, 0.25) is 5.88 Å². The Morgan fingerprint density at radius 1 is 1.00 bits per heavy atom. The number of halogens is 1. The van der Waals surface area contributed by atoms with Crippen LogP contribution in [-0.4, -0.2) is 46.4 Å². The lowest BCUT2D eigenvalue weighted by atomic mass is 10.0. The first kappa shape index (κ1) is 28.2. The topological polar surface area (TPSA) is 132 Å². The SMILES string of the molecule is N#Cc1cncc(COc2cc(Oc3ncnc4c(-c5ccc6c(c5)OCCO6)cccc34)c(Cl)cc2CNCCO)c1. The Morgan fingerprint density at radius 2 is 1.88 bits per heavy atom. The molecule has 0 bridgehead atoms. The Labute approximate surface area is 252 Å². The van der Waals surface area contributed by atoms with Gasteiger partial charge in [0.1, 0.15) is 38.0 Å². The molecule has 0 amide bonds. The van der Waals surface area contributed by atoms with Crippen molar-refractivity contribution in [3.63, 3.8) is 0 Å². The van der Waals surface area contributed by atoms with Gasteiger partial charge in [0.25, 0.3) is 0 Å². The highest BCUT2D eigenvalue weighted by atomic mass is 35.5. The number of rotatable bonds is 10. The fourth-order valence-corrected chi connectivity index (χ4v) is 4.94. The Kier molecular flexibility index (Phi) is 8.47. The molecule has 0 saturated carbocycles. The third-order valence-electron chi connectivity index (χ3n) is 6.73. The van der Waals surface area contributed by atoms with Crippen LogP contribution in [-0.2, 0) is 13.2 Å². The van der Waals surface area contributed by atoms with Gasteiger partial charge in [0.15, 0.2) is 17.2 Å². The molecule has 0 radical (unpaired) electrons. The summed E-state index contributed by atoms with van der Waals surface area (Å²) < 4.78 is 23.9. The summed E-state index contributed by atoms with van der Waals surface area (Å²) in [6.07, 6.45) is 4.59. The molecule has 0 saturated heterocycles. The third-order valence-corrected chi connectivity index (χ3v) is 7.02. The van der Waals surface area contributed by atoms with Crippen molar-refractivity contribution in [2.24, 2.45) is 0 Å². The molecule has 0 atom stereocenters. The Balaban J connectivity index is 1.32. The number of nitrogens with zero attached hydrogens (tertiary/aromatic N) is 4. The maximum atomic E-state index is 9.21. The minimum atomic E-state index is -0.00717. The number of para-hydroxylation sites is 1. The van der Waals surface area contributed by atoms with Crippen LogP contribution in [0.2, 0.25) is 5.02 Å². The largest absolute Gasteiger partial charge is 0.488 e. The number of pyridine rings is 1. The average molecular weight is 596 g/mol. The number of ether oxygens (including phenoxy) is 4. The molecule has 1 aliphatic heterocycles. The van der Waals surface area contributed by atoms with Crippen molar-refractivity contribution in [1.29, 1.82) is 5.26 Å². The summed E-state index contributed by atoms with van der Waals surface area (Å²) in [5.74, 6) is 2.59. The predicted molar refractivity (Wildman–Crippen MR) is 160 cm³/mol. The molecule has 2 N–H and O–H groups in total. The number of nitriles is 1. The number of aliphatic hydroxyl groups excluding tert-OH is 1. The maximum Gasteiger partial charge on any atom is 0.230 e. The molecule has 0 aliphatic carbocycles. The van der Waals surface area contributed by atoms with E-state index >= 15 is 0 Å². The number of aliphatic hydroxyl groups is 1. The lowest BCUT2D eigenvalue weighted by molar-refractivity contribution is 0.171. The smallest absolute Gasteiger partial charge is 0.230 e. The summed E-state index contributed by atoms with van der Waals surface area (Å²) in [6, 6.07) is 18.9. The molecule has 1 aliphatic rings. The van der Waals surface area contributed by atoms with Gasteiger partial charge < -0.3 is 29.4 Å². The molecule has 2 aromatic heterocycles. The highest BCUT2D eigenvalue weighted by Crippen LogP contribution is 2.40. The van der Waals surface area contributed by atoms with Crippen LogP contribution in [0.3, 0.4) is 0 Å². The Morgan fingerprint density at radius 3 is 2.74 bits per heavy atom. The van der Waals surface area contributed by atoms with Crippen molar-refractivity contribution in [2.75, 3.05) is 26.4 Å². The van der Waals surface area contributed by atoms with E-state index in [-0.39, 0.29) is 13.2 Å². The van der Waals surface area contributed by atoms with E-state index in [4.69, 9.17) is 30.5 Å². The second-order valence-electron chi connectivity index (χ2n) is 9.61. The van der Waals surface area contributed by atoms with Crippen LogP contribution in [0, 0.1) is 11.3 Å². The van der Waals surface area contributed by atoms with Crippen LogP contribution in [0.5, 0.6) is 28.9 Å². The number of hydrogen-bond acceptors (Lipinski definition) is 10. The molecule has 11 heteroatoms. The molecule has 3 heterocycles. The van der Waals surface area contributed by atoms with Crippen molar-refractivity contribution < 1.29 is 24.1 Å². The van der Waals surface area contributed by atoms with Gasteiger partial charge in [-0.1, -0.05) is 29.8 Å². The van der Waals surface area contributed by atoms with E-state index in [2.05, 4.69) is 26.3 Å². The first-order chi connectivity index (χ1) is 21.1. The van der Waals surface area contributed by atoms with E-state index in [1.54, 1.807) is 24.4 Å². The van der Waals surface area contributed by atoms with Gasteiger partial charge in [-0.05, 0) is 35.9 Å². The maximum absolute atomic E-state index is 9.21. The normalized spacial score (nSPS) is 12.1. The van der Waals surface area contributed by atoms with Crippen LogP contribution >= 0.6 is 11.6 Å². The van der Waals surface area contributed by atoms with Gasteiger partial charge in [-0.25, -0.2) is 9.97 Å². The van der Waals surface area contributed by atoms with E-state index < -0.39 is 0 Å². The molecule has 0 unspecified atom stereocenters. The van der Waals surface area contributed by atoms with Crippen LogP contribution in [0.25, 0.3) is 22.0 Å². The van der Waals surface area contributed by atoms with E-state index in [0.29, 0.717) is 76.7 Å². The number of fused-ring (bicyclic) bond motifs is 2. The van der Waals surface area contributed by atoms with Crippen LogP contribution in [0.15, 0.2) is 73.3 Å². The molecule has 6 rings (SSSR count). The first-order valence-corrected chi connectivity index (χ1v) is 13.9. The standard InChI is InChI=1S/C32H26ClN5O5/c33-26-11-23(17-35-6-7-39)28(42-18-21-10-20(14-34)15-36-16-21)13-29(26)43-32-25-3-1-2-24(31(25)37-19-38-32)22-4-5-27-30(12-22)41-9-8-40-27/h1-5,10-13,15-16,19,35,39H,6-9,17-18H2. The van der Waals surface area contributed by atoms with Crippen LogP contribution in [0.1, 0.15) is 16.7 Å². The molecule has 43 heavy (non-hydrogen) atoms. The third kappa shape index (κ3) is 6.29. The monoisotopic (exact) mass is 595 g/mol. The van der Waals surface area contributed by atoms with E-state index in [1.165, 1.54) is 12.5 Å². The molecular formula is C32H26ClN5O5. The van der Waals surface area contributed by atoms with Crippen LogP contribution in [0.4, 0.5) is 0 Å². The van der Waals surface area contributed by atoms with Gasteiger partial charge in [-0.3, -0.25) is 4.98 Å². The fourth-order valence-electron chi connectivity index (χ4n) is 4.71. The van der Waals surface area contributed by atoms with E-state index in [0.717, 1.165) is 22.3 Å². The summed E-state index contributed by atoms with van der Waals surface area (Å²) in [4.78, 5) is 13.1. The minimum Gasteiger partial charge on any atom is -0.488 e. The molecule has 5 aromatic rings. The van der Waals surface area contributed by atoms with Gasteiger partial charge in [0, 0.05) is 48.2 Å². The van der Waals surface area contributed by atoms with Gasteiger partial charge >= 0.3 is 0 Å². The second kappa shape index (κ2) is 12.9. The number of hydrogen-bond donors (Lipinski definition) is 2. The predicted octanol–water partition coefficient (Wildman–Crippen LogP) is 5.44. The quantitative estimate of drug-likeness (QED) is 0.201. The Hall–Kier alpha value is -4.95. The molecule has 3 aromatic carbocycles. The summed E-state index contributed by atoms with van der Waals surface area (Å²) in [5, 5.41) is 22.6. The number of benzene rings is 3. The van der Waals surface area contributed by atoms with Gasteiger partial charge in [0.05, 0.1) is 28.1 Å². The lowest BCUT2D eigenvalue weighted by Gasteiger charge is -2.19. The van der Waals surface area contributed by atoms with Gasteiger partial charge in [-0.15, -0.1) is 0 Å². The summed E-state index contributed by atoms with van der Waals surface area (Å²) in [7, 11) is 0. The lowest BCUT2D eigenvalue weighted by Crippen LogP contribution is -2.18. The molecule has 10 nitrogen and oxygen atoms in total. The molecule has 0 spiro atoms. The van der Waals surface area contributed by atoms with Crippen molar-refractivity contribution in [3.05, 3.63) is 95.0 Å². The fraction of sp³-hybridized carbons (Fsp3) is 0.188. The zero-order valence-electron chi connectivity index (χ0n) is 22.9. The minimum absolute atomic E-state index is 0.00717. The number of aromatic nitrogens is 3. The molecular weight excluding hydrogens is 570 g/mol. The van der Waals surface area contributed by atoms with E-state index in [1.807, 2.05) is 36.4 Å². The zero-order valence-corrected chi connectivity index (χ0v) is 23.7. The van der Waals surface area contributed by atoms with Crippen molar-refractivity contribution in [1.82, 2.24) is 20.3 Å². The highest BCUT2D eigenvalue weighted by Gasteiger charge is 2.18. The molecule has 216 valence electrons. The first-order valence-electron chi connectivity index (χ1n) is 13.6. The summed E-state index contributed by atoms with van der Waals surface area (Å²) in [5.41, 5.74) is 4.45. The Bertz CT molecular complexity index is 1830. The highest BCUT2D eigenvalue weighted by molar-refractivity contribution is 6.32. The average Bonchev–Trinajstić information content (AvgIpc) is 3.05. The summed E-state index contributed by atoms with van der Waals surface area (Å²) >= 11 is 6.69. The number of nitrogens with one attached hydrogen (secondary N) is 1. The zero-order chi connectivity index (χ0) is 29.6. The van der Waals surface area contributed by atoms with Gasteiger partial charge in [-0.2, -0.15) is 5.26 Å². The van der Waals surface area contributed by atoms with E-state index in [9.17, 15) is 10.4 Å². The van der Waals surface area contributed by atoms with Crippen molar-refractivity contribution >= 4 is 22.5 Å². The second-order valence-corrected chi connectivity index (χ2v) is 10.0. The molecule has 0 fully saturated rings. The van der Waals surface area contributed by atoms with Crippen LogP contribution < -0.4 is 24.3 Å².